The third-order valence-electron chi connectivity index (χ3n) is 12.8. The number of aliphatic hydroxyl groups is 7. The highest BCUT2D eigenvalue weighted by molar-refractivity contribution is 5.82. The van der Waals surface area contributed by atoms with E-state index in [0.717, 1.165) is 37.7 Å². The van der Waals surface area contributed by atoms with Gasteiger partial charge in [0.05, 0.1) is 55.0 Å². The van der Waals surface area contributed by atoms with E-state index in [0.29, 0.717) is 44.9 Å². The number of rotatable bonds is 17. The predicted octanol–water partition coefficient (Wildman–Crippen LogP) is -2.57. The van der Waals surface area contributed by atoms with Crippen molar-refractivity contribution in [1.29, 1.82) is 0 Å². The average Bonchev–Trinajstić information content (AvgIpc) is 3.65. The first kappa shape index (κ1) is 42.0. The standard InChI is InChI=1S/C38H61N3O12/c1-3-4-5-6-7-20(2)23(16-21-14-15-40-18-21)19-41-36(49)38(50)33(45)30(44)32(35(47)48)53-37(38)51-25-12-13-26-27(17-25)52-31(34(39)46)28(29(26)43)22-8-10-24(42)11-9-22/h14-15,18,20,22-33,36-37,41-45,50H,3-13,16-17,19H2,1-2H3,(H2,39,46)(H,47,48)/p+1. The van der Waals surface area contributed by atoms with Gasteiger partial charge >= 0.3 is 0 Å². The number of nitrogens with zero attached hydrogens (tertiary/aromatic N) is 1. The Kier molecular flexibility index (Phi) is 14.8. The van der Waals surface area contributed by atoms with Crippen LogP contribution in [0, 0.1) is 36.1 Å². The van der Waals surface area contributed by atoms with E-state index in [9.17, 15) is 45.3 Å². The van der Waals surface area contributed by atoms with Gasteiger partial charge in [-0.15, -0.1) is 4.99 Å². The summed E-state index contributed by atoms with van der Waals surface area (Å²) in [5, 5.41) is 83.0. The van der Waals surface area contributed by atoms with Crippen molar-refractivity contribution < 1.29 is 64.9 Å². The van der Waals surface area contributed by atoms with Crippen molar-refractivity contribution in [1.82, 2.24) is 0 Å². The van der Waals surface area contributed by atoms with Crippen LogP contribution in [-0.2, 0) is 19.1 Å². The first-order valence-electron chi connectivity index (χ1n) is 19.8. The number of nitrogens with two attached hydrogens (primary N) is 2. The lowest BCUT2D eigenvalue weighted by Gasteiger charge is -2.53. The highest BCUT2D eigenvalue weighted by Gasteiger charge is 2.61. The van der Waals surface area contributed by atoms with Crippen LogP contribution in [0.1, 0.15) is 97.3 Å². The number of aliphatic hydroxyl groups excluding tert-OH is 4. The van der Waals surface area contributed by atoms with Gasteiger partial charge in [0, 0.05) is 18.8 Å². The van der Waals surface area contributed by atoms with Crippen LogP contribution in [0.15, 0.2) is 16.6 Å². The number of aliphatic imine (C=N–C) groups is 1. The summed E-state index contributed by atoms with van der Waals surface area (Å²) in [6, 6.07) is 0. The molecule has 5 aliphatic rings. The van der Waals surface area contributed by atoms with E-state index in [2.05, 4.69) is 18.8 Å². The SMILES string of the molecule is CCCCCCC(C)C(C[NH2+]C([O-])C1(O)C(OC2CCC3C(C2)[OH+]C(C(N)=O)C(C2CCC(O)CC2)C3O)OC(C(=O)[O-])C(O)C1O)CC1=C[CH+]N=C1. The van der Waals surface area contributed by atoms with Crippen molar-refractivity contribution in [2.24, 2.45) is 40.3 Å². The summed E-state index contributed by atoms with van der Waals surface area (Å²) < 4.78 is 16.5. The number of fused-ring (bicyclic) bond motifs is 1. The number of hydrogen-bond donors (Lipinski definition) is 7. The summed E-state index contributed by atoms with van der Waals surface area (Å²) in [6.07, 6.45) is -1.19. The zero-order valence-corrected chi connectivity index (χ0v) is 31.0. The summed E-state index contributed by atoms with van der Waals surface area (Å²) in [7, 11) is 0. The number of carboxylic acids is 1. The van der Waals surface area contributed by atoms with Crippen molar-refractivity contribution in [3.8, 4) is 0 Å². The second-order valence-electron chi connectivity index (χ2n) is 16.3. The molecule has 300 valence electrons. The molecule has 5 rings (SSSR count). The number of carboxylic acid groups (broad SMARTS) is 1. The van der Waals surface area contributed by atoms with Gasteiger partial charge < -0.3 is 65.8 Å². The Balaban J connectivity index is 1.30. The summed E-state index contributed by atoms with van der Waals surface area (Å²) >= 11 is 0. The molecule has 2 aliphatic carbocycles. The summed E-state index contributed by atoms with van der Waals surface area (Å²) in [5.41, 5.74) is 4.04. The molecule has 0 spiro atoms. The average molecular weight is 753 g/mol. The van der Waals surface area contributed by atoms with Gasteiger partial charge in [-0.1, -0.05) is 46.0 Å². The molecule has 0 aromatic carbocycles. The number of aliphatic carboxylic acids is 1. The van der Waals surface area contributed by atoms with Gasteiger partial charge in [0.2, 0.25) is 6.10 Å². The van der Waals surface area contributed by atoms with E-state index in [-0.39, 0.29) is 36.6 Å². The Morgan fingerprint density at radius 1 is 1.13 bits per heavy atom. The minimum Gasteiger partial charge on any atom is -0.804 e. The maximum absolute atomic E-state index is 14.1. The zero-order valence-electron chi connectivity index (χ0n) is 31.0. The molecule has 3 heterocycles. The fraction of sp³-hybridized carbons (Fsp3) is 0.842. The number of amides is 1. The van der Waals surface area contributed by atoms with Crippen LogP contribution >= 0.6 is 0 Å². The normalized spacial score (nSPS) is 40.4. The molecule has 0 radical (unpaired) electrons. The van der Waals surface area contributed by atoms with Gasteiger partial charge in [-0.05, 0) is 50.4 Å². The van der Waals surface area contributed by atoms with Crippen LogP contribution in [0.5, 0.6) is 0 Å². The van der Waals surface area contributed by atoms with Gasteiger partial charge in [0.1, 0.15) is 30.4 Å². The lowest BCUT2D eigenvalue weighted by Crippen LogP contribution is -3.02. The predicted molar refractivity (Wildman–Crippen MR) is 187 cm³/mol. The van der Waals surface area contributed by atoms with Gasteiger partial charge in [-0.3, -0.25) is 4.79 Å². The second-order valence-corrected chi connectivity index (χ2v) is 16.3. The molecule has 4 fully saturated rings. The van der Waals surface area contributed by atoms with E-state index < -0.39 is 84.7 Å². The van der Waals surface area contributed by atoms with Crippen LogP contribution in [0.3, 0.4) is 0 Å². The Bertz CT molecular complexity index is 1280. The van der Waals surface area contributed by atoms with Crippen LogP contribution in [0.25, 0.3) is 0 Å². The first-order chi connectivity index (χ1) is 25.3. The molecule has 53 heavy (non-hydrogen) atoms. The molecule has 14 unspecified atom stereocenters. The van der Waals surface area contributed by atoms with E-state index in [4.69, 9.17) is 19.9 Å². The molecule has 1 amide bonds. The van der Waals surface area contributed by atoms with Crippen molar-refractivity contribution in [2.45, 2.75) is 164 Å². The van der Waals surface area contributed by atoms with Crippen molar-refractivity contribution in [3.05, 3.63) is 18.2 Å². The minimum absolute atomic E-state index is 0.00175. The number of primary amides is 1. The van der Waals surface area contributed by atoms with Crippen molar-refractivity contribution >= 4 is 18.1 Å². The number of allylic oxidation sites excluding steroid dienone is 1. The zero-order chi connectivity index (χ0) is 38.4. The smallest absolute Gasteiger partial charge is 0.297 e. The Labute approximate surface area is 312 Å². The van der Waals surface area contributed by atoms with Gasteiger partial charge in [0.15, 0.2) is 24.2 Å². The molecule has 15 nitrogen and oxygen atoms in total. The molecule has 0 bridgehead atoms. The molecule has 2 saturated carbocycles. The monoisotopic (exact) mass is 752 g/mol. The molecule has 10 N–H and O–H groups in total. The lowest BCUT2D eigenvalue weighted by atomic mass is 9.66. The molecule has 0 aromatic rings. The van der Waals surface area contributed by atoms with Crippen LogP contribution in [-0.4, -0.2) is 122 Å². The van der Waals surface area contributed by atoms with Crippen LogP contribution in [0.2, 0.25) is 0 Å². The maximum Gasteiger partial charge on any atom is 0.297 e. The molecule has 2 saturated heterocycles. The van der Waals surface area contributed by atoms with Gasteiger partial charge in [-0.2, -0.15) is 0 Å². The fourth-order valence-electron chi connectivity index (χ4n) is 9.48. The molecule has 0 aromatic heterocycles. The molecular weight excluding hydrogens is 690 g/mol. The largest absolute Gasteiger partial charge is 0.804 e. The van der Waals surface area contributed by atoms with Crippen LogP contribution < -0.4 is 21.3 Å². The van der Waals surface area contributed by atoms with E-state index in [1.54, 1.807) is 12.8 Å². The number of ether oxygens (including phenoxy) is 3. The Morgan fingerprint density at radius 3 is 2.51 bits per heavy atom. The van der Waals surface area contributed by atoms with Gasteiger partial charge in [0.25, 0.3) is 5.91 Å². The topological polar surface area (TPSA) is 268 Å². The third kappa shape index (κ3) is 9.62. The summed E-state index contributed by atoms with van der Waals surface area (Å²) in [6.45, 7) is 6.24. The minimum atomic E-state index is -2.78. The number of unbranched alkanes of at least 4 members (excludes halogenated alkanes) is 3. The van der Waals surface area contributed by atoms with E-state index in [1.165, 1.54) is 5.32 Å². The molecule has 15 heteroatoms. The number of carbonyl (C=O) groups excluding carboxylic acids is 2. The van der Waals surface area contributed by atoms with E-state index in [1.807, 2.05) is 6.08 Å². The number of carbonyl (C=O) groups is 2. The number of hydrogen-bond acceptors (Lipinski definition) is 12. The summed E-state index contributed by atoms with van der Waals surface area (Å²) in [4.78, 5) is 28.8. The molecular formula is C38H62N3O12+. The Morgan fingerprint density at radius 2 is 1.87 bits per heavy atom. The lowest BCUT2D eigenvalue weighted by molar-refractivity contribution is -0.837. The van der Waals surface area contributed by atoms with Crippen molar-refractivity contribution in [3.63, 3.8) is 0 Å². The van der Waals surface area contributed by atoms with Crippen LogP contribution in [0.4, 0.5) is 0 Å². The number of quaternary nitrogens is 1. The maximum atomic E-state index is 14.1. The highest BCUT2D eigenvalue weighted by atomic mass is 16.7. The quantitative estimate of drug-likeness (QED) is 0.0351. The molecule has 14 atom stereocenters. The van der Waals surface area contributed by atoms with Gasteiger partial charge in [-0.25, -0.2) is 0 Å². The highest BCUT2D eigenvalue weighted by Crippen LogP contribution is 2.45. The third-order valence-corrected chi connectivity index (χ3v) is 12.8. The fourth-order valence-corrected chi connectivity index (χ4v) is 9.48. The van der Waals surface area contributed by atoms with E-state index >= 15 is 0 Å². The van der Waals surface area contributed by atoms with Crippen molar-refractivity contribution in [2.75, 3.05) is 6.54 Å². The first-order valence-corrected chi connectivity index (χ1v) is 19.8. The second kappa shape index (κ2) is 18.6. The Hall–Kier alpha value is -2.18. The molecule has 3 aliphatic heterocycles. The summed E-state index contributed by atoms with van der Waals surface area (Å²) in [5.74, 6) is -3.13.